The van der Waals surface area contributed by atoms with E-state index in [9.17, 15) is 4.79 Å². The van der Waals surface area contributed by atoms with Crippen molar-refractivity contribution in [2.75, 3.05) is 0 Å². The molecule has 3 nitrogen and oxygen atoms in total. The number of benzene rings is 2. The second-order valence-electron chi connectivity index (χ2n) is 5.39. The number of fused-ring (bicyclic) bond motifs is 1. The zero-order valence-electron chi connectivity index (χ0n) is 12.7. The first kappa shape index (κ1) is 17.8. The molecule has 0 spiro atoms. The summed E-state index contributed by atoms with van der Waals surface area (Å²) in [5, 5.41) is 2.82. The first-order valence-corrected chi connectivity index (χ1v) is 9.61. The van der Waals surface area contributed by atoms with Crippen molar-refractivity contribution in [1.29, 1.82) is 0 Å². The average Bonchev–Trinajstić information content (AvgIpc) is 3.10. The van der Waals surface area contributed by atoms with E-state index in [1.54, 1.807) is 36.4 Å². The predicted molar refractivity (Wildman–Crippen MR) is 109 cm³/mol. The molecule has 0 unspecified atom stereocenters. The highest BCUT2D eigenvalue weighted by molar-refractivity contribution is 7.21. The van der Waals surface area contributed by atoms with Crippen LogP contribution in [0.25, 0.3) is 16.2 Å². The van der Waals surface area contributed by atoms with Gasteiger partial charge in [-0.2, -0.15) is 0 Å². The number of esters is 1. The SMILES string of the molecule is O=C1OC(c2sc3cc(Cl)ccc3c2Cl)=N/C1=C/c1ccc(Cl)cc1Cl. The minimum atomic E-state index is -0.572. The summed E-state index contributed by atoms with van der Waals surface area (Å²) in [4.78, 5) is 17.0. The summed E-state index contributed by atoms with van der Waals surface area (Å²) in [7, 11) is 0. The number of aliphatic imine (C=N–C) groups is 1. The zero-order chi connectivity index (χ0) is 18.4. The number of halogens is 4. The van der Waals surface area contributed by atoms with E-state index >= 15 is 0 Å². The molecule has 1 aliphatic rings. The molecule has 0 bridgehead atoms. The lowest BCUT2D eigenvalue weighted by Crippen LogP contribution is -2.04. The molecule has 0 saturated carbocycles. The highest BCUT2D eigenvalue weighted by atomic mass is 35.5. The van der Waals surface area contributed by atoms with E-state index in [1.165, 1.54) is 11.3 Å². The van der Waals surface area contributed by atoms with Gasteiger partial charge in [0.25, 0.3) is 0 Å². The topological polar surface area (TPSA) is 38.7 Å². The third kappa shape index (κ3) is 3.24. The van der Waals surface area contributed by atoms with E-state index in [0.717, 1.165) is 10.1 Å². The van der Waals surface area contributed by atoms with Gasteiger partial charge in [0.05, 0.1) is 5.02 Å². The smallest absolute Gasteiger partial charge is 0.363 e. The Labute approximate surface area is 172 Å². The van der Waals surface area contributed by atoms with Gasteiger partial charge in [-0.15, -0.1) is 11.3 Å². The average molecular weight is 443 g/mol. The molecule has 0 atom stereocenters. The van der Waals surface area contributed by atoms with Crippen LogP contribution in [-0.4, -0.2) is 11.9 Å². The Kier molecular flexibility index (Phi) is 4.71. The van der Waals surface area contributed by atoms with E-state index < -0.39 is 5.97 Å². The van der Waals surface area contributed by atoms with E-state index in [2.05, 4.69) is 4.99 Å². The number of hydrogen-bond acceptors (Lipinski definition) is 4. The van der Waals surface area contributed by atoms with Crippen molar-refractivity contribution >= 4 is 85.8 Å². The van der Waals surface area contributed by atoms with Crippen LogP contribution < -0.4 is 0 Å². The maximum absolute atomic E-state index is 12.2. The summed E-state index contributed by atoms with van der Waals surface area (Å²) >= 11 is 25.8. The van der Waals surface area contributed by atoms with E-state index in [1.807, 2.05) is 6.07 Å². The Bertz CT molecular complexity index is 1130. The monoisotopic (exact) mass is 441 g/mol. The number of ether oxygens (including phenoxy) is 1. The maximum Gasteiger partial charge on any atom is 0.363 e. The van der Waals surface area contributed by atoms with Crippen LogP contribution >= 0.6 is 57.7 Å². The van der Waals surface area contributed by atoms with Crippen molar-refractivity contribution in [3.63, 3.8) is 0 Å². The fraction of sp³-hybridized carbons (Fsp3) is 0. The molecular weight excluding hydrogens is 436 g/mol. The van der Waals surface area contributed by atoms with Crippen LogP contribution in [0.4, 0.5) is 0 Å². The molecule has 0 N–H and O–H groups in total. The van der Waals surface area contributed by atoms with Gasteiger partial charge in [-0.1, -0.05) is 58.5 Å². The molecule has 2 aromatic carbocycles. The van der Waals surface area contributed by atoms with Gasteiger partial charge in [0.2, 0.25) is 5.90 Å². The Hall–Kier alpha value is -1.56. The van der Waals surface area contributed by atoms with Crippen LogP contribution in [0.2, 0.25) is 20.1 Å². The molecule has 1 aliphatic heterocycles. The first-order chi connectivity index (χ1) is 12.4. The fourth-order valence-electron chi connectivity index (χ4n) is 2.45. The fourth-order valence-corrected chi connectivity index (χ4v) is 4.63. The van der Waals surface area contributed by atoms with E-state index in [-0.39, 0.29) is 11.6 Å². The molecule has 0 radical (unpaired) electrons. The highest BCUT2D eigenvalue weighted by Gasteiger charge is 2.28. The highest BCUT2D eigenvalue weighted by Crippen LogP contribution is 2.38. The van der Waals surface area contributed by atoms with Crippen LogP contribution in [0.5, 0.6) is 0 Å². The molecule has 4 rings (SSSR count). The number of carbonyl (C=O) groups is 1. The summed E-state index contributed by atoms with van der Waals surface area (Å²) in [6.07, 6.45) is 1.55. The summed E-state index contributed by atoms with van der Waals surface area (Å²) in [6, 6.07) is 10.3. The molecular formula is C18H7Cl4NO2S. The molecule has 0 saturated heterocycles. The van der Waals surface area contributed by atoms with Gasteiger partial charge >= 0.3 is 5.97 Å². The molecule has 26 heavy (non-hydrogen) atoms. The van der Waals surface area contributed by atoms with Crippen molar-refractivity contribution in [3.8, 4) is 0 Å². The van der Waals surface area contributed by atoms with Gasteiger partial charge < -0.3 is 4.74 Å². The summed E-state index contributed by atoms with van der Waals surface area (Å²) in [5.74, 6) is -0.411. The lowest BCUT2D eigenvalue weighted by atomic mass is 10.2. The van der Waals surface area contributed by atoms with Gasteiger partial charge in [-0.3, -0.25) is 0 Å². The minimum Gasteiger partial charge on any atom is -0.401 e. The molecule has 130 valence electrons. The quantitative estimate of drug-likeness (QED) is 0.321. The standard InChI is InChI=1S/C18H7Cl4NO2S/c19-9-2-1-8(12(21)6-9)5-13-18(24)25-17(23-13)16-15(22)11-4-3-10(20)7-14(11)26-16/h1-7H/b13-5+. The Morgan fingerprint density at radius 1 is 1.00 bits per heavy atom. The summed E-state index contributed by atoms with van der Waals surface area (Å²) < 4.78 is 6.19. The van der Waals surface area contributed by atoms with Crippen LogP contribution in [0, 0.1) is 0 Å². The lowest BCUT2D eigenvalue weighted by Gasteiger charge is -1.98. The molecule has 0 amide bonds. The lowest BCUT2D eigenvalue weighted by molar-refractivity contribution is -0.129. The first-order valence-electron chi connectivity index (χ1n) is 7.28. The van der Waals surface area contributed by atoms with Gasteiger partial charge in [-0.05, 0) is 35.9 Å². The Balaban J connectivity index is 1.77. The third-order valence-electron chi connectivity index (χ3n) is 3.66. The van der Waals surface area contributed by atoms with Crippen LogP contribution in [0.1, 0.15) is 10.4 Å². The van der Waals surface area contributed by atoms with Crippen molar-refractivity contribution in [1.82, 2.24) is 0 Å². The summed E-state index contributed by atoms with van der Waals surface area (Å²) in [5.41, 5.74) is 0.748. The molecule has 0 aliphatic carbocycles. The van der Waals surface area contributed by atoms with Crippen LogP contribution in [0.3, 0.4) is 0 Å². The number of carbonyl (C=O) groups excluding carboxylic acids is 1. The van der Waals surface area contributed by atoms with E-state index in [0.29, 0.717) is 30.5 Å². The molecule has 1 aromatic heterocycles. The van der Waals surface area contributed by atoms with E-state index in [4.69, 9.17) is 51.1 Å². The number of nitrogens with zero attached hydrogens (tertiary/aromatic N) is 1. The second kappa shape index (κ2) is 6.87. The normalized spacial score (nSPS) is 15.6. The number of cyclic esters (lactones) is 1. The van der Waals surface area contributed by atoms with Crippen molar-refractivity contribution in [2.45, 2.75) is 0 Å². The molecule has 2 heterocycles. The van der Waals surface area contributed by atoms with Gasteiger partial charge in [-0.25, -0.2) is 9.79 Å². The predicted octanol–water partition coefficient (Wildman–Crippen LogP) is 6.86. The van der Waals surface area contributed by atoms with Crippen LogP contribution in [-0.2, 0) is 9.53 Å². The number of thiophene rings is 1. The van der Waals surface area contributed by atoms with Gasteiger partial charge in [0, 0.05) is 25.2 Å². The van der Waals surface area contributed by atoms with Gasteiger partial charge in [0.1, 0.15) is 4.88 Å². The molecule has 0 fully saturated rings. The molecule has 3 aromatic rings. The Morgan fingerprint density at radius 3 is 2.50 bits per heavy atom. The second-order valence-corrected chi connectivity index (χ2v) is 8.10. The number of rotatable bonds is 2. The largest absolute Gasteiger partial charge is 0.401 e. The van der Waals surface area contributed by atoms with Crippen molar-refractivity contribution in [3.05, 3.63) is 72.6 Å². The minimum absolute atomic E-state index is 0.135. The third-order valence-corrected chi connectivity index (χ3v) is 6.10. The maximum atomic E-state index is 12.2. The number of hydrogen-bond donors (Lipinski definition) is 0. The Morgan fingerprint density at radius 2 is 1.73 bits per heavy atom. The van der Waals surface area contributed by atoms with Gasteiger partial charge in [0.15, 0.2) is 5.70 Å². The van der Waals surface area contributed by atoms with Crippen molar-refractivity contribution in [2.24, 2.45) is 4.99 Å². The summed E-state index contributed by atoms with van der Waals surface area (Å²) in [6.45, 7) is 0. The molecule has 8 heteroatoms. The van der Waals surface area contributed by atoms with Crippen molar-refractivity contribution < 1.29 is 9.53 Å². The zero-order valence-corrected chi connectivity index (χ0v) is 16.6. The van der Waals surface area contributed by atoms with Crippen LogP contribution in [0.15, 0.2) is 47.1 Å².